The zero-order chi connectivity index (χ0) is 11.8. The van der Waals surface area contributed by atoms with E-state index >= 15 is 0 Å². The number of rotatable bonds is 4. The number of nitrogens with zero attached hydrogens (tertiary/aromatic N) is 4. The second-order valence-electron chi connectivity index (χ2n) is 3.03. The van der Waals surface area contributed by atoms with Gasteiger partial charge in [-0.05, 0) is 35.7 Å². The molecule has 5 heteroatoms. The highest BCUT2D eigenvalue weighted by atomic mass is 35.5. The fourth-order valence-corrected chi connectivity index (χ4v) is 1.41. The lowest BCUT2D eigenvalue weighted by Crippen LogP contribution is -1.79. The van der Waals surface area contributed by atoms with Crippen LogP contribution < -0.4 is 0 Å². The zero-order valence-electron chi connectivity index (χ0n) is 8.47. The van der Waals surface area contributed by atoms with Crippen LogP contribution in [0.2, 0.25) is 5.02 Å². The van der Waals surface area contributed by atoms with Crippen LogP contribution in [0.15, 0.2) is 29.4 Å². The van der Waals surface area contributed by atoms with E-state index in [1.54, 1.807) is 18.2 Å². The van der Waals surface area contributed by atoms with Crippen LogP contribution in [0.3, 0.4) is 0 Å². The second-order valence-corrected chi connectivity index (χ2v) is 3.47. The van der Waals surface area contributed by atoms with Crippen molar-refractivity contribution in [3.05, 3.63) is 50.9 Å². The molecule has 0 aromatic heterocycles. The Labute approximate surface area is 98.4 Å². The molecule has 0 saturated carbocycles. The summed E-state index contributed by atoms with van der Waals surface area (Å²) in [5, 5.41) is 12.7. The summed E-state index contributed by atoms with van der Waals surface area (Å²) in [6.45, 7) is 0.429. The van der Waals surface area contributed by atoms with E-state index in [-0.39, 0.29) is 0 Å². The molecule has 1 aromatic rings. The highest BCUT2D eigenvalue weighted by molar-refractivity contribution is 6.30. The van der Waals surface area contributed by atoms with Gasteiger partial charge in [-0.3, -0.25) is 0 Å². The molecule has 0 fully saturated rings. The van der Waals surface area contributed by atoms with Crippen molar-refractivity contribution in [2.45, 2.75) is 6.42 Å². The van der Waals surface area contributed by atoms with Crippen LogP contribution in [0.4, 0.5) is 0 Å². The number of hydrogen-bond acceptors (Lipinski definition) is 2. The summed E-state index contributed by atoms with van der Waals surface area (Å²) < 4.78 is 0. The lowest BCUT2D eigenvalue weighted by Gasteiger charge is -1.96. The Morgan fingerprint density at radius 1 is 1.50 bits per heavy atom. The maximum atomic E-state index is 8.74. The molecule has 0 spiro atoms. The Kier molecular flexibility index (Phi) is 4.94. The molecule has 1 aromatic carbocycles. The van der Waals surface area contributed by atoms with Gasteiger partial charge in [-0.1, -0.05) is 28.9 Å². The van der Waals surface area contributed by atoms with E-state index in [0.29, 0.717) is 23.6 Å². The zero-order valence-corrected chi connectivity index (χ0v) is 9.22. The van der Waals surface area contributed by atoms with E-state index in [0.717, 1.165) is 5.56 Å². The Morgan fingerprint density at radius 2 is 2.31 bits per heavy atom. The van der Waals surface area contributed by atoms with Crippen LogP contribution in [0.5, 0.6) is 0 Å². The van der Waals surface area contributed by atoms with Crippen molar-refractivity contribution in [2.24, 2.45) is 5.11 Å². The average molecular weight is 233 g/mol. The maximum absolute atomic E-state index is 8.74. The number of nitriles is 1. The number of hydrogen-bond donors (Lipinski definition) is 0. The summed E-state index contributed by atoms with van der Waals surface area (Å²) in [4.78, 5) is 2.65. The number of benzene rings is 1. The lowest BCUT2D eigenvalue weighted by molar-refractivity contribution is 0.996. The van der Waals surface area contributed by atoms with Gasteiger partial charge in [0.2, 0.25) is 0 Å². The van der Waals surface area contributed by atoms with E-state index in [1.807, 2.05) is 18.2 Å². The molecule has 0 unspecified atom stereocenters. The minimum absolute atomic E-state index is 0.429. The van der Waals surface area contributed by atoms with Crippen LogP contribution in [-0.2, 0) is 0 Å². The summed E-state index contributed by atoms with van der Waals surface area (Å²) in [6, 6.07) is 7.16. The highest BCUT2D eigenvalue weighted by Crippen LogP contribution is 2.15. The van der Waals surface area contributed by atoms with Crippen molar-refractivity contribution in [2.75, 3.05) is 6.54 Å². The Bertz CT molecular complexity index is 481. The van der Waals surface area contributed by atoms with Gasteiger partial charge in [-0.25, -0.2) is 0 Å². The van der Waals surface area contributed by atoms with Crippen molar-refractivity contribution < 1.29 is 0 Å². The molecule has 4 nitrogen and oxygen atoms in total. The van der Waals surface area contributed by atoms with E-state index in [4.69, 9.17) is 22.4 Å². The minimum atomic E-state index is 0.429. The van der Waals surface area contributed by atoms with Crippen LogP contribution in [0, 0.1) is 11.3 Å². The fourth-order valence-electron chi connectivity index (χ4n) is 1.17. The molecule has 0 N–H and O–H groups in total. The highest BCUT2D eigenvalue weighted by Gasteiger charge is 1.95. The van der Waals surface area contributed by atoms with Gasteiger partial charge in [0, 0.05) is 16.5 Å². The molecule has 0 aliphatic carbocycles. The van der Waals surface area contributed by atoms with Gasteiger partial charge in [0.25, 0.3) is 0 Å². The first-order valence-corrected chi connectivity index (χ1v) is 5.02. The molecule has 0 saturated heterocycles. The molecule has 0 bridgehead atoms. The lowest BCUT2D eigenvalue weighted by atomic mass is 10.1. The van der Waals surface area contributed by atoms with Gasteiger partial charge >= 0.3 is 0 Å². The standard InChI is InChI=1S/C11H9ClN4/c12-11-6-9(5-10(7-11)8-13)3-1-2-4-15-16-14/h1,3,5-7H,2,4H2. The molecule has 1 rings (SSSR count). The monoisotopic (exact) mass is 232 g/mol. The van der Waals surface area contributed by atoms with Crippen LogP contribution in [0.25, 0.3) is 16.5 Å². The van der Waals surface area contributed by atoms with Gasteiger partial charge < -0.3 is 0 Å². The van der Waals surface area contributed by atoms with E-state index in [9.17, 15) is 0 Å². The fraction of sp³-hybridized carbons (Fsp3) is 0.182. The van der Waals surface area contributed by atoms with Crippen LogP contribution >= 0.6 is 11.6 Å². The van der Waals surface area contributed by atoms with Crippen LogP contribution in [-0.4, -0.2) is 6.54 Å². The first-order chi connectivity index (χ1) is 7.76. The molecule has 0 radical (unpaired) electrons. The largest absolute Gasteiger partial charge is 0.192 e. The van der Waals surface area contributed by atoms with Gasteiger partial charge in [-0.15, -0.1) is 0 Å². The number of azide groups is 1. The third-order valence-corrected chi connectivity index (χ3v) is 2.04. The molecule has 0 heterocycles. The molecular formula is C11H9ClN4. The molecule has 0 aliphatic heterocycles. The Morgan fingerprint density at radius 3 is 3.00 bits per heavy atom. The molecule has 16 heavy (non-hydrogen) atoms. The SMILES string of the molecule is N#Cc1cc(Cl)cc(C=CCCN=[N+]=[N-])c1. The quantitative estimate of drug-likeness (QED) is 0.336. The van der Waals surface area contributed by atoms with Crippen molar-refractivity contribution in [3.63, 3.8) is 0 Å². The summed E-state index contributed by atoms with van der Waals surface area (Å²) >= 11 is 5.84. The van der Waals surface area contributed by atoms with E-state index in [2.05, 4.69) is 10.0 Å². The maximum Gasteiger partial charge on any atom is 0.0992 e. The average Bonchev–Trinajstić information content (AvgIpc) is 2.28. The van der Waals surface area contributed by atoms with E-state index in [1.165, 1.54) is 0 Å². The van der Waals surface area contributed by atoms with Crippen molar-refractivity contribution in [1.29, 1.82) is 5.26 Å². The molecule has 80 valence electrons. The Hall–Kier alpha value is -1.95. The smallest absolute Gasteiger partial charge is 0.0992 e. The minimum Gasteiger partial charge on any atom is -0.192 e. The van der Waals surface area contributed by atoms with Crippen molar-refractivity contribution in [3.8, 4) is 6.07 Å². The van der Waals surface area contributed by atoms with Crippen molar-refractivity contribution >= 4 is 17.7 Å². The van der Waals surface area contributed by atoms with E-state index < -0.39 is 0 Å². The Balaban J connectivity index is 2.70. The molecular weight excluding hydrogens is 224 g/mol. The summed E-state index contributed by atoms with van der Waals surface area (Å²) in [7, 11) is 0. The van der Waals surface area contributed by atoms with Crippen molar-refractivity contribution in [1.82, 2.24) is 0 Å². The molecule has 0 amide bonds. The topological polar surface area (TPSA) is 72.5 Å². The third kappa shape index (κ3) is 4.05. The summed E-state index contributed by atoms with van der Waals surface area (Å²) in [5.74, 6) is 0. The normalized spacial score (nSPS) is 9.75. The predicted molar refractivity (Wildman–Crippen MR) is 63.8 cm³/mol. The summed E-state index contributed by atoms with van der Waals surface area (Å²) in [6.07, 6.45) is 4.39. The summed E-state index contributed by atoms with van der Waals surface area (Å²) in [5.41, 5.74) is 9.46. The van der Waals surface area contributed by atoms with Crippen LogP contribution in [0.1, 0.15) is 17.5 Å². The first-order valence-electron chi connectivity index (χ1n) is 4.64. The number of halogens is 1. The van der Waals surface area contributed by atoms with Gasteiger partial charge in [-0.2, -0.15) is 5.26 Å². The first kappa shape index (κ1) is 12.1. The molecule has 0 atom stereocenters. The third-order valence-electron chi connectivity index (χ3n) is 1.82. The van der Waals surface area contributed by atoms with Gasteiger partial charge in [0.1, 0.15) is 0 Å². The molecule has 0 aliphatic rings. The van der Waals surface area contributed by atoms with Gasteiger partial charge in [0.05, 0.1) is 11.6 Å². The van der Waals surface area contributed by atoms with Gasteiger partial charge in [0.15, 0.2) is 0 Å². The predicted octanol–water partition coefficient (Wildman–Crippen LogP) is 3.93. The second kappa shape index (κ2) is 6.52.